The number of carboxylic acid groups (broad SMARTS) is 1. The third kappa shape index (κ3) is 2.50. The highest BCUT2D eigenvalue weighted by molar-refractivity contribution is 7.22. The lowest BCUT2D eigenvalue weighted by Gasteiger charge is -2.36. The van der Waals surface area contributed by atoms with Crippen molar-refractivity contribution >= 4 is 32.7 Å². The van der Waals surface area contributed by atoms with Gasteiger partial charge in [0, 0.05) is 13.1 Å². The Hall–Kier alpha value is -1.62. The highest BCUT2D eigenvalue weighted by Gasteiger charge is 2.34. The average molecular weight is 290 g/mol. The molecule has 0 atom stereocenters. The van der Waals surface area contributed by atoms with Gasteiger partial charge in [-0.1, -0.05) is 30.7 Å². The van der Waals surface area contributed by atoms with Gasteiger partial charge in [-0.05, 0) is 30.5 Å². The van der Waals surface area contributed by atoms with Gasteiger partial charge in [0.25, 0.3) is 0 Å². The van der Waals surface area contributed by atoms with Crippen molar-refractivity contribution in [3.05, 3.63) is 23.8 Å². The normalized spacial score (nSPS) is 15.6. The first-order valence-corrected chi connectivity index (χ1v) is 7.86. The molecule has 0 aliphatic carbocycles. The first kappa shape index (κ1) is 13.4. The third-order valence-electron chi connectivity index (χ3n) is 3.76. The van der Waals surface area contributed by atoms with E-state index in [1.165, 1.54) is 23.1 Å². The number of aliphatic carboxylic acids is 1. The first-order valence-electron chi connectivity index (χ1n) is 7.04. The maximum atomic E-state index is 10.8. The summed E-state index contributed by atoms with van der Waals surface area (Å²) in [5.41, 5.74) is 2.38. The molecule has 1 saturated heterocycles. The van der Waals surface area contributed by atoms with Gasteiger partial charge in [0.05, 0.1) is 16.1 Å². The summed E-state index contributed by atoms with van der Waals surface area (Å²) in [4.78, 5) is 17.5. The molecule has 0 spiro atoms. The SMILES string of the molecule is CCCCc1ccc2nc(N3CC(C(=O)O)C3)sc2c1. The number of nitrogens with zero attached hydrogens (tertiary/aromatic N) is 2. The number of thiazole rings is 1. The van der Waals surface area contributed by atoms with E-state index in [9.17, 15) is 4.79 Å². The van der Waals surface area contributed by atoms with E-state index in [0.29, 0.717) is 13.1 Å². The molecule has 1 N–H and O–H groups in total. The minimum absolute atomic E-state index is 0.234. The van der Waals surface area contributed by atoms with Gasteiger partial charge < -0.3 is 10.0 Å². The van der Waals surface area contributed by atoms with E-state index in [1.54, 1.807) is 11.3 Å². The summed E-state index contributed by atoms with van der Waals surface area (Å²) in [5.74, 6) is -0.939. The van der Waals surface area contributed by atoms with Crippen LogP contribution in [0.3, 0.4) is 0 Å². The van der Waals surface area contributed by atoms with Gasteiger partial charge >= 0.3 is 5.97 Å². The minimum atomic E-state index is -0.704. The summed E-state index contributed by atoms with van der Waals surface area (Å²) in [6, 6.07) is 6.45. The second kappa shape index (κ2) is 5.40. The number of carboxylic acids is 1. The average Bonchev–Trinajstić information content (AvgIpc) is 2.76. The molecule has 0 radical (unpaired) electrons. The number of hydrogen-bond acceptors (Lipinski definition) is 4. The van der Waals surface area contributed by atoms with Crippen LogP contribution in [0.1, 0.15) is 25.3 Å². The smallest absolute Gasteiger partial charge is 0.310 e. The Labute approximate surface area is 122 Å². The molecule has 1 aromatic heterocycles. The zero-order chi connectivity index (χ0) is 14.1. The molecule has 1 aliphatic heterocycles. The number of fused-ring (bicyclic) bond motifs is 1. The molecule has 0 saturated carbocycles. The third-order valence-corrected chi connectivity index (χ3v) is 4.84. The fourth-order valence-electron chi connectivity index (χ4n) is 2.42. The van der Waals surface area contributed by atoms with Crippen LogP contribution in [-0.2, 0) is 11.2 Å². The molecule has 3 rings (SSSR count). The molecule has 2 aromatic rings. The number of anilines is 1. The molecule has 0 amide bonds. The van der Waals surface area contributed by atoms with E-state index >= 15 is 0 Å². The maximum Gasteiger partial charge on any atom is 0.310 e. The topological polar surface area (TPSA) is 53.4 Å². The number of unbranched alkanes of at least 4 members (excludes halogenated alkanes) is 1. The summed E-state index contributed by atoms with van der Waals surface area (Å²) in [5, 5.41) is 9.86. The number of hydrogen-bond donors (Lipinski definition) is 1. The summed E-state index contributed by atoms with van der Waals surface area (Å²) in [6.07, 6.45) is 3.53. The number of carbonyl (C=O) groups is 1. The largest absolute Gasteiger partial charge is 0.481 e. The Bertz CT molecular complexity index is 632. The molecular weight excluding hydrogens is 272 g/mol. The van der Waals surface area contributed by atoms with E-state index in [4.69, 9.17) is 5.11 Å². The number of rotatable bonds is 5. The molecule has 5 heteroatoms. The minimum Gasteiger partial charge on any atom is -0.481 e. The Morgan fingerprint density at radius 3 is 3.00 bits per heavy atom. The fourth-order valence-corrected chi connectivity index (χ4v) is 3.47. The predicted octanol–water partition coefficient (Wildman–Crippen LogP) is 3.16. The van der Waals surface area contributed by atoms with E-state index in [2.05, 4.69) is 35.0 Å². The molecule has 0 unspecified atom stereocenters. The van der Waals surface area contributed by atoms with Crippen LogP contribution >= 0.6 is 11.3 Å². The van der Waals surface area contributed by atoms with Gasteiger partial charge in [-0.15, -0.1) is 0 Å². The Morgan fingerprint density at radius 1 is 1.50 bits per heavy atom. The lowest BCUT2D eigenvalue weighted by atomic mass is 10.0. The Morgan fingerprint density at radius 2 is 2.30 bits per heavy atom. The van der Waals surface area contributed by atoms with Crippen molar-refractivity contribution in [1.82, 2.24) is 4.98 Å². The van der Waals surface area contributed by atoms with Crippen LogP contribution in [0.2, 0.25) is 0 Å². The van der Waals surface area contributed by atoms with Crippen LogP contribution in [0.5, 0.6) is 0 Å². The molecule has 106 valence electrons. The lowest BCUT2D eigenvalue weighted by molar-refractivity contribution is -0.142. The highest BCUT2D eigenvalue weighted by Crippen LogP contribution is 2.33. The van der Waals surface area contributed by atoms with Crippen LogP contribution in [-0.4, -0.2) is 29.1 Å². The van der Waals surface area contributed by atoms with Crippen LogP contribution in [0.4, 0.5) is 5.13 Å². The predicted molar refractivity (Wildman–Crippen MR) is 81.6 cm³/mol. The van der Waals surface area contributed by atoms with Gasteiger partial charge in [-0.3, -0.25) is 4.79 Å². The summed E-state index contributed by atoms with van der Waals surface area (Å²) >= 11 is 1.66. The van der Waals surface area contributed by atoms with Crippen LogP contribution in [0.25, 0.3) is 10.2 Å². The second-order valence-electron chi connectivity index (χ2n) is 5.34. The van der Waals surface area contributed by atoms with Crippen molar-refractivity contribution in [2.75, 3.05) is 18.0 Å². The van der Waals surface area contributed by atoms with Crippen molar-refractivity contribution in [3.8, 4) is 0 Å². The van der Waals surface area contributed by atoms with Gasteiger partial charge in [0.15, 0.2) is 5.13 Å². The molecule has 1 aromatic carbocycles. The van der Waals surface area contributed by atoms with Crippen LogP contribution < -0.4 is 4.90 Å². The summed E-state index contributed by atoms with van der Waals surface area (Å²) < 4.78 is 1.20. The fraction of sp³-hybridized carbons (Fsp3) is 0.467. The second-order valence-corrected chi connectivity index (χ2v) is 6.35. The quantitative estimate of drug-likeness (QED) is 0.919. The van der Waals surface area contributed by atoms with E-state index in [1.807, 2.05) is 0 Å². The van der Waals surface area contributed by atoms with Crippen LogP contribution in [0, 0.1) is 5.92 Å². The maximum absolute atomic E-state index is 10.8. The highest BCUT2D eigenvalue weighted by atomic mass is 32.1. The summed E-state index contributed by atoms with van der Waals surface area (Å²) in [7, 11) is 0. The van der Waals surface area contributed by atoms with Gasteiger partial charge in [0.1, 0.15) is 0 Å². The van der Waals surface area contributed by atoms with Crippen molar-refractivity contribution in [1.29, 1.82) is 0 Å². The molecule has 20 heavy (non-hydrogen) atoms. The Kier molecular flexibility index (Phi) is 3.61. The lowest BCUT2D eigenvalue weighted by Crippen LogP contribution is -2.50. The zero-order valence-corrected chi connectivity index (χ0v) is 12.3. The molecule has 0 bridgehead atoms. The van der Waals surface area contributed by atoms with Gasteiger partial charge in [0.2, 0.25) is 0 Å². The van der Waals surface area contributed by atoms with E-state index in [-0.39, 0.29) is 5.92 Å². The van der Waals surface area contributed by atoms with Crippen molar-refractivity contribution in [2.24, 2.45) is 5.92 Å². The first-order chi connectivity index (χ1) is 9.67. The van der Waals surface area contributed by atoms with Gasteiger partial charge in [-0.25, -0.2) is 4.98 Å². The molecule has 1 aliphatic rings. The number of benzene rings is 1. The van der Waals surface area contributed by atoms with Crippen LogP contribution in [0.15, 0.2) is 18.2 Å². The number of aromatic nitrogens is 1. The summed E-state index contributed by atoms with van der Waals surface area (Å²) in [6.45, 7) is 3.36. The standard InChI is InChI=1S/C15H18N2O2S/c1-2-3-4-10-5-6-12-13(7-10)20-15(16-12)17-8-11(9-17)14(18)19/h5-7,11H,2-4,8-9H2,1H3,(H,18,19). The molecule has 2 heterocycles. The molecule has 1 fully saturated rings. The van der Waals surface area contributed by atoms with Gasteiger partial charge in [-0.2, -0.15) is 0 Å². The number of aryl methyl sites for hydroxylation is 1. The van der Waals surface area contributed by atoms with Crippen molar-refractivity contribution in [3.63, 3.8) is 0 Å². The molecule has 4 nitrogen and oxygen atoms in total. The molecular formula is C15H18N2O2S. The Balaban J connectivity index is 1.76. The van der Waals surface area contributed by atoms with E-state index < -0.39 is 5.97 Å². The van der Waals surface area contributed by atoms with Crippen molar-refractivity contribution < 1.29 is 9.90 Å². The van der Waals surface area contributed by atoms with E-state index in [0.717, 1.165) is 17.1 Å². The van der Waals surface area contributed by atoms with Crippen molar-refractivity contribution in [2.45, 2.75) is 26.2 Å². The monoisotopic (exact) mass is 290 g/mol. The zero-order valence-electron chi connectivity index (χ0n) is 11.5.